The second-order valence-corrected chi connectivity index (χ2v) is 6.16. The lowest BCUT2D eigenvalue weighted by Crippen LogP contribution is -2.38. The minimum absolute atomic E-state index is 0.285. The Morgan fingerprint density at radius 1 is 1.29 bits per heavy atom. The van der Waals surface area contributed by atoms with Gasteiger partial charge in [-0.3, -0.25) is 4.79 Å². The zero-order valence-electron chi connectivity index (χ0n) is 13.1. The Balaban J connectivity index is 1.70. The SMILES string of the molecule is CNC(C)c1ccc2c(c1)CCN2CC(=O)N1CCCC1. The Morgan fingerprint density at radius 2 is 2.05 bits per heavy atom. The van der Waals surface area contributed by atoms with E-state index in [0.717, 1.165) is 38.9 Å². The quantitative estimate of drug-likeness (QED) is 0.919. The van der Waals surface area contributed by atoms with Crippen LogP contribution in [-0.2, 0) is 11.2 Å². The van der Waals surface area contributed by atoms with Crippen molar-refractivity contribution in [3.63, 3.8) is 0 Å². The zero-order valence-corrected chi connectivity index (χ0v) is 13.1. The monoisotopic (exact) mass is 287 g/mol. The summed E-state index contributed by atoms with van der Waals surface area (Å²) in [6.07, 6.45) is 3.37. The minimum atomic E-state index is 0.285. The second-order valence-electron chi connectivity index (χ2n) is 6.16. The van der Waals surface area contributed by atoms with Crippen LogP contribution in [0, 0.1) is 0 Å². The van der Waals surface area contributed by atoms with Crippen LogP contribution in [-0.4, -0.2) is 44.0 Å². The summed E-state index contributed by atoms with van der Waals surface area (Å²) in [4.78, 5) is 16.6. The Bertz CT molecular complexity index is 523. The summed E-state index contributed by atoms with van der Waals surface area (Å²) in [6.45, 7) is 5.56. The smallest absolute Gasteiger partial charge is 0.242 e. The van der Waals surface area contributed by atoms with E-state index in [2.05, 4.69) is 35.3 Å². The first-order valence-electron chi connectivity index (χ1n) is 8.02. The molecule has 1 atom stereocenters. The number of likely N-dealkylation sites (tertiary alicyclic amines) is 1. The lowest BCUT2D eigenvalue weighted by Gasteiger charge is -2.23. The van der Waals surface area contributed by atoms with Crippen molar-refractivity contribution in [3.8, 4) is 0 Å². The van der Waals surface area contributed by atoms with Crippen LogP contribution in [0.4, 0.5) is 5.69 Å². The summed E-state index contributed by atoms with van der Waals surface area (Å²) < 4.78 is 0. The van der Waals surface area contributed by atoms with E-state index in [4.69, 9.17) is 0 Å². The number of fused-ring (bicyclic) bond motifs is 1. The molecule has 114 valence electrons. The fourth-order valence-electron chi connectivity index (χ4n) is 3.32. The molecule has 0 bridgehead atoms. The van der Waals surface area contributed by atoms with Crippen LogP contribution in [0.5, 0.6) is 0 Å². The second kappa shape index (κ2) is 6.06. The maximum atomic E-state index is 12.3. The van der Waals surface area contributed by atoms with Crippen molar-refractivity contribution < 1.29 is 4.79 Å². The third-order valence-electron chi connectivity index (χ3n) is 4.81. The molecule has 0 saturated carbocycles. The molecule has 1 aromatic carbocycles. The number of amides is 1. The highest BCUT2D eigenvalue weighted by atomic mass is 16.2. The van der Waals surface area contributed by atoms with Crippen molar-refractivity contribution >= 4 is 11.6 Å². The van der Waals surface area contributed by atoms with E-state index in [1.807, 2.05) is 11.9 Å². The Morgan fingerprint density at radius 3 is 2.76 bits per heavy atom. The van der Waals surface area contributed by atoms with Gasteiger partial charge in [0, 0.05) is 31.4 Å². The van der Waals surface area contributed by atoms with Crippen LogP contribution in [0.15, 0.2) is 18.2 Å². The van der Waals surface area contributed by atoms with E-state index < -0.39 is 0 Å². The van der Waals surface area contributed by atoms with Gasteiger partial charge in [-0.25, -0.2) is 0 Å². The van der Waals surface area contributed by atoms with Crippen LogP contribution in [0.1, 0.15) is 36.9 Å². The molecule has 2 heterocycles. The standard InChI is InChI=1S/C17H25N3O/c1-13(18-2)14-5-6-16-15(11-14)7-10-20(16)12-17(21)19-8-3-4-9-19/h5-6,11,13,18H,3-4,7-10,12H2,1-2H3. The van der Waals surface area contributed by atoms with Gasteiger partial charge >= 0.3 is 0 Å². The van der Waals surface area contributed by atoms with Crippen LogP contribution >= 0.6 is 0 Å². The summed E-state index contributed by atoms with van der Waals surface area (Å²) in [5.74, 6) is 0.285. The normalized spacial score (nSPS) is 19.0. The van der Waals surface area contributed by atoms with Gasteiger partial charge in [0.25, 0.3) is 0 Å². The number of rotatable bonds is 4. The molecule has 21 heavy (non-hydrogen) atoms. The molecule has 4 nitrogen and oxygen atoms in total. The van der Waals surface area contributed by atoms with Crippen molar-refractivity contribution in [1.82, 2.24) is 10.2 Å². The molecule has 1 fully saturated rings. The van der Waals surface area contributed by atoms with Gasteiger partial charge in [0.15, 0.2) is 0 Å². The van der Waals surface area contributed by atoms with Gasteiger partial charge < -0.3 is 15.1 Å². The number of benzene rings is 1. The van der Waals surface area contributed by atoms with Crippen molar-refractivity contribution in [1.29, 1.82) is 0 Å². The van der Waals surface area contributed by atoms with E-state index in [0.29, 0.717) is 12.6 Å². The Kier molecular flexibility index (Phi) is 4.15. The first kappa shape index (κ1) is 14.4. The number of hydrogen-bond donors (Lipinski definition) is 1. The maximum Gasteiger partial charge on any atom is 0.242 e. The molecule has 0 radical (unpaired) electrons. The van der Waals surface area contributed by atoms with E-state index in [-0.39, 0.29) is 5.91 Å². The molecule has 2 aliphatic heterocycles. The summed E-state index contributed by atoms with van der Waals surface area (Å²) >= 11 is 0. The molecule has 0 aliphatic carbocycles. The van der Waals surface area contributed by atoms with Gasteiger partial charge in [-0.1, -0.05) is 12.1 Å². The highest BCUT2D eigenvalue weighted by Crippen LogP contribution is 2.30. The van der Waals surface area contributed by atoms with Crippen LogP contribution in [0.2, 0.25) is 0 Å². The van der Waals surface area contributed by atoms with E-state index in [9.17, 15) is 4.79 Å². The number of anilines is 1. The molecule has 3 rings (SSSR count). The predicted molar refractivity (Wildman–Crippen MR) is 85.6 cm³/mol. The largest absolute Gasteiger partial charge is 0.362 e. The number of carbonyl (C=O) groups is 1. The van der Waals surface area contributed by atoms with Gasteiger partial charge in [0.2, 0.25) is 5.91 Å². The minimum Gasteiger partial charge on any atom is -0.362 e. The third-order valence-corrected chi connectivity index (χ3v) is 4.81. The van der Waals surface area contributed by atoms with Gasteiger partial charge in [-0.05, 0) is 50.4 Å². The van der Waals surface area contributed by atoms with Gasteiger partial charge in [-0.15, -0.1) is 0 Å². The molecule has 2 aliphatic rings. The Labute approximate surface area is 127 Å². The summed E-state index contributed by atoms with van der Waals surface area (Å²) in [6, 6.07) is 7.02. The van der Waals surface area contributed by atoms with Gasteiger partial charge in [-0.2, -0.15) is 0 Å². The van der Waals surface area contributed by atoms with Crippen LogP contribution in [0.3, 0.4) is 0 Å². The Hall–Kier alpha value is -1.55. The summed E-state index contributed by atoms with van der Waals surface area (Å²) in [5.41, 5.74) is 3.95. The molecule has 1 amide bonds. The fourth-order valence-corrected chi connectivity index (χ4v) is 3.32. The molecule has 0 aromatic heterocycles. The van der Waals surface area contributed by atoms with Crippen molar-refractivity contribution in [2.45, 2.75) is 32.2 Å². The number of carbonyl (C=O) groups excluding carboxylic acids is 1. The van der Waals surface area contributed by atoms with Crippen LogP contribution < -0.4 is 10.2 Å². The predicted octanol–water partition coefficient (Wildman–Crippen LogP) is 1.95. The zero-order chi connectivity index (χ0) is 14.8. The molecular formula is C17H25N3O. The number of nitrogens with zero attached hydrogens (tertiary/aromatic N) is 2. The highest BCUT2D eigenvalue weighted by molar-refractivity contribution is 5.82. The summed E-state index contributed by atoms with van der Waals surface area (Å²) in [5, 5.41) is 3.28. The highest BCUT2D eigenvalue weighted by Gasteiger charge is 2.25. The van der Waals surface area contributed by atoms with Crippen LogP contribution in [0.25, 0.3) is 0 Å². The van der Waals surface area contributed by atoms with Gasteiger partial charge in [0.05, 0.1) is 6.54 Å². The van der Waals surface area contributed by atoms with Crippen molar-refractivity contribution in [3.05, 3.63) is 29.3 Å². The van der Waals surface area contributed by atoms with E-state index in [1.54, 1.807) is 0 Å². The van der Waals surface area contributed by atoms with E-state index >= 15 is 0 Å². The molecule has 1 saturated heterocycles. The average Bonchev–Trinajstić information content (AvgIpc) is 3.16. The lowest BCUT2D eigenvalue weighted by molar-refractivity contribution is -0.128. The molecule has 1 aromatic rings. The number of nitrogens with one attached hydrogen (secondary N) is 1. The topological polar surface area (TPSA) is 35.6 Å². The fraction of sp³-hybridized carbons (Fsp3) is 0.588. The molecule has 0 spiro atoms. The molecule has 1 N–H and O–H groups in total. The van der Waals surface area contributed by atoms with Crippen molar-refractivity contribution in [2.75, 3.05) is 38.1 Å². The maximum absolute atomic E-state index is 12.3. The molecule has 4 heteroatoms. The molecular weight excluding hydrogens is 262 g/mol. The lowest BCUT2D eigenvalue weighted by atomic mass is 10.0. The third kappa shape index (κ3) is 2.91. The van der Waals surface area contributed by atoms with Crippen molar-refractivity contribution in [2.24, 2.45) is 0 Å². The first-order valence-corrected chi connectivity index (χ1v) is 8.02. The summed E-state index contributed by atoms with van der Waals surface area (Å²) in [7, 11) is 1.99. The van der Waals surface area contributed by atoms with Gasteiger partial charge in [0.1, 0.15) is 0 Å². The first-order chi connectivity index (χ1) is 10.2. The average molecular weight is 287 g/mol. The van der Waals surface area contributed by atoms with E-state index in [1.165, 1.54) is 16.8 Å². The number of hydrogen-bond acceptors (Lipinski definition) is 3. The molecule has 1 unspecified atom stereocenters.